The Morgan fingerprint density at radius 1 is 1.31 bits per heavy atom. The van der Waals surface area contributed by atoms with Crippen molar-refractivity contribution < 1.29 is 5.11 Å². The van der Waals surface area contributed by atoms with Crippen molar-refractivity contribution in [2.45, 2.75) is 20.0 Å². The van der Waals surface area contributed by atoms with Gasteiger partial charge in [-0.2, -0.15) is 15.3 Å². The normalized spacial score (nSPS) is 12.8. The molecular formula is C11H14N4O. The van der Waals surface area contributed by atoms with E-state index in [1.165, 1.54) is 0 Å². The molecule has 1 N–H and O–H groups in total. The lowest BCUT2D eigenvalue weighted by Gasteiger charge is -2.11. The lowest BCUT2D eigenvalue weighted by Crippen LogP contribution is -2.05. The van der Waals surface area contributed by atoms with Crippen LogP contribution in [0.2, 0.25) is 0 Å². The fraction of sp³-hybridized carbons (Fsp3) is 0.364. The van der Waals surface area contributed by atoms with Crippen LogP contribution in [-0.4, -0.2) is 25.1 Å². The van der Waals surface area contributed by atoms with Crippen LogP contribution in [-0.2, 0) is 7.05 Å². The van der Waals surface area contributed by atoms with E-state index in [1.54, 1.807) is 17.1 Å². The number of aliphatic hydroxyl groups is 1. The van der Waals surface area contributed by atoms with Gasteiger partial charge < -0.3 is 5.11 Å². The summed E-state index contributed by atoms with van der Waals surface area (Å²) in [5.41, 5.74) is 3.07. The molecule has 0 bridgehead atoms. The first kappa shape index (κ1) is 10.8. The van der Waals surface area contributed by atoms with Gasteiger partial charge in [0, 0.05) is 24.4 Å². The Morgan fingerprint density at radius 3 is 2.69 bits per heavy atom. The molecule has 84 valence electrons. The van der Waals surface area contributed by atoms with E-state index >= 15 is 0 Å². The number of nitrogens with zero attached hydrogens (tertiary/aromatic N) is 4. The van der Waals surface area contributed by atoms with Crippen molar-refractivity contribution in [1.29, 1.82) is 0 Å². The van der Waals surface area contributed by atoms with Crippen LogP contribution in [0, 0.1) is 13.8 Å². The summed E-state index contributed by atoms with van der Waals surface area (Å²) >= 11 is 0. The lowest BCUT2D eigenvalue weighted by molar-refractivity contribution is 0.218. The van der Waals surface area contributed by atoms with Gasteiger partial charge in [-0.3, -0.25) is 4.68 Å². The van der Waals surface area contributed by atoms with Crippen LogP contribution < -0.4 is 0 Å². The van der Waals surface area contributed by atoms with E-state index in [2.05, 4.69) is 15.3 Å². The summed E-state index contributed by atoms with van der Waals surface area (Å²) in [5.74, 6) is 0. The number of hydrogen-bond donors (Lipinski definition) is 1. The number of aromatic nitrogens is 4. The Bertz CT molecular complexity index is 506. The van der Waals surface area contributed by atoms with Crippen LogP contribution in [0.1, 0.15) is 28.6 Å². The predicted molar refractivity (Wildman–Crippen MR) is 58.8 cm³/mol. The molecule has 5 heteroatoms. The van der Waals surface area contributed by atoms with Gasteiger partial charge >= 0.3 is 0 Å². The number of rotatable bonds is 2. The molecule has 2 heterocycles. The molecule has 16 heavy (non-hydrogen) atoms. The van der Waals surface area contributed by atoms with Gasteiger partial charge in [0.15, 0.2) is 0 Å². The first-order chi connectivity index (χ1) is 7.58. The van der Waals surface area contributed by atoms with E-state index in [0.717, 1.165) is 22.5 Å². The molecule has 0 aliphatic carbocycles. The van der Waals surface area contributed by atoms with E-state index in [4.69, 9.17) is 0 Å². The molecule has 1 atom stereocenters. The van der Waals surface area contributed by atoms with E-state index in [9.17, 15) is 5.11 Å². The molecule has 0 aliphatic heterocycles. The van der Waals surface area contributed by atoms with Crippen molar-refractivity contribution in [3.05, 3.63) is 41.0 Å². The van der Waals surface area contributed by atoms with E-state index in [-0.39, 0.29) is 0 Å². The molecule has 0 radical (unpaired) electrons. The van der Waals surface area contributed by atoms with Crippen LogP contribution >= 0.6 is 0 Å². The zero-order valence-corrected chi connectivity index (χ0v) is 9.55. The summed E-state index contributed by atoms with van der Waals surface area (Å²) in [4.78, 5) is 0. The summed E-state index contributed by atoms with van der Waals surface area (Å²) < 4.78 is 1.66. The standard InChI is InChI=1S/C11H14N4O/c1-7-4-10(8(2)14-13-7)11(16)9-5-12-15(3)6-9/h4-6,11,16H,1-3H3. The molecule has 2 aromatic heterocycles. The Morgan fingerprint density at radius 2 is 2.06 bits per heavy atom. The number of aryl methyl sites for hydroxylation is 3. The van der Waals surface area contributed by atoms with Crippen molar-refractivity contribution in [3.8, 4) is 0 Å². The minimum Gasteiger partial charge on any atom is -0.383 e. The molecule has 5 nitrogen and oxygen atoms in total. The van der Waals surface area contributed by atoms with Crippen LogP contribution in [0.25, 0.3) is 0 Å². The van der Waals surface area contributed by atoms with Crippen LogP contribution in [0.4, 0.5) is 0 Å². The van der Waals surface area contributed by atoms with Crippen LogP contribution in [0.5, 0.6) is 0 Å². The topological polar surface area (TPSA) is 63.8 Å². The summed E-state index contributed by atoms with van der Waals surface area (Å²) in [6.07, 6.45) is 2.75. The average Bonchev–Trinajstić information content (AvgIpc) is 2.67. The highest BCUT2D eigenvalue weighted by Gasteiger charge is 2.15. The summed E-state index contributed by atoms with van der Waals surface area (Å²) in [7, 11) is 1.82. The first-order valence-corrected chi connectivity index (χ1v) is 5.05. The molecule has 2 aromatic rings. The number of aliphatic hydroxyl groups excluding tert-OH is 1. The molecule has 0 saturated carbocycles. The monoisotopic (exact) mass is 218 g/mol. The zero-order valence-electron chi connectivity index (χ0n) is 9.55. The second-order valence-electron chi connectivity index (χ2n) is 3.88. The van der Waals surface area contributed by atoms with Gasteiger partial charge in [0.2, 0.25) is 0 Å². The summed E-state index contributed by atoms with van der Waals surface area (Å²) in [6.45, 7) is 3.69. The van der Waals surface area contributed by atoms with Gasteiger partial charge in [-0.25, -0.2) is 0 Å². The fourth-order valence-corrected chi connectivity index (χ4v) is 1.61. The van der Waals surface area contributed by atoms with Crippen molar-refractivity contribution in [1.82, 2.24) is 20.0 Å². The number of hydrogen-bond acceptors (Lipinski definition) is 4. The van der Waals surface area contributed by atoms with Crippen LogP contribution in [0.3, 0.4) is 0 Å². The first-order valence-electron chi connectivity index (χ1n) is 5.05. The second-order valence-corrected chi connectivity index (χ2v) is 3.88. The highest BCUT2D eigenvalue weighted by Crippen LogP contribution is 2.23. The Labute approximate surface area is 93.8 Å². The maximum absolute atomic E-state index is 10.2. The van der Waals surface area contributed by atoms with E-state index < -0.39 is 6.10 Å². The minimum atomic E-state index is -0.692. The van der Waals surface area contributed by atoms with Gasteiger partial charge in [-0.05, 0) is 19.9 Å². The molecule has 1 unspecified atom stereocenters. The molecule has 0 aromatic carbocycles. The lowest BCUT2D eigenvalue weighted by atomic mass is 10.0. The largest absolute Gasteiger partial charge is 0.383 e. The Hall–Kier alpha value is -1.75. The quantitative estimate of drug-likeness (QED) is 0.813. The van der Waals surface area contributed by atoms with Crippen molar-refractivity contribution in [2.24, 2.45) is 7.05 Å². The third-order valence-corrected chi connectivity index (χ3v) is 2.48. The van der Waals surface area contributed by atoms with Gasteiger partial charge in [-0.1, -0.05) is 0 Å². The minimum absolute atomic E-state index is 0.692. The van der Waals surface area contributed by atoms with E-state index in [0.29, 0.717) is 0 Å². The molecule has 0 fully saturated rings. The molecule has 0 saturated heterocycles. The molecule has 2 rings (SSSR count). The van der Waals surface area contributed by atoms with Gasteiger partial charge in [0.05, 0.1) is 17.6 Å². The summed E-state index contributed by atoms with van der Waals surface area (Å²) in [5, 5.41) is 22.2. The van der Waals surface area contributed by atoms with Crippen molar-refractivity contribution in [3.63, 3.8) is 0 Å². The molecule has 0 spiro atoms. The Kier molecular flexibility index (Phi) is 2.70. The molecule has 0 aliphatic rings. The SMILES string of the molecule is Cc1cc(C(O)c2cnn(C)c2)c(C)nn1. The Balaban J connectivity index is 2.40. The highest BCUT2D eigenvalue weighted by atomic mass is 16.3. The van der Waals surface area contributed by atoms with Crippen molar-refractivity contribution in [2.75, 3.05) is 0 Å². The maximum Gasteiger partial charge on any atom is 0.109 e. The summed E-state index contributed by atoms with van der Waals surface area (Å²) in [6, 6.07) is 1.85. The molecular weight excluding hydrogens is 204 g/mol. The molecule has 0 amide bonds. The third kappa shape index (κ3) is 1.94. The van der Waals surface area contributed by atoms with E-state index in [1.807, 2.05) is 27.0 Å². The predicted octanol–water partition coefficient (Wildman–Crippen LogP) is 0.909. The van der Waals surface area contributed by atoms with Gasteiger partial charge in [-0.15, -0.1) is 0 Å². The zero-order chi connectivity index (χ0) is 11.7. The van der Waals surface area contributed by atoms with Gasteiger partial charge in [0.1, 0.15) is 6.10 Å². The maximum atomic E-state index is 10.2. The van der Waals surface area contributed by atoms with Crippen LogP contribution in [0.15, 0.2) is 18.5 Å². The third-order valence-electron chi connectivity index (χ3n) is 2.48. The second kappa shape index (κ2) is 4.02. The fourth-order valence-electron chi connectivity index (χ4n) is 1.61. The van der Waals surface area contributed by atoms with Gasteiger partial charge in [0.25, 0.3) is 0 Å². The highest BCUT2D eigenvalue weighted by molar-refractivity contribution is 5.29. The van der Waals surface area contributed by atoms with Crippen molar-refractivity contribution >= 4 is 0 Å². The average molecular weight is 218 g/mol. The smallest absolute Gasteiger partial charge is 0.109 e.